The van der Waals surface area contributed by atoms with Crippen molar-refractivity contribution in [2.45, 2.75) is 86.7 Å². The molecule has 0 atom stereocenters. The van der Waals surface area contributed by atoms with Crippen LogP contribution in [0.5, 0.6) is 0 Å². The van der Waals surface area contributed by atoms with Gasteiger partial charge in [-0.05, 0) is 6.92 Å². The summed E-state index contributed by atoms with van der Waals surface area (Å²) in [7, 11) is 0. The third kappa shape index (κ3) is 7.54. The van der Waals surface area contributed by atoms with Crippen LogP contribution >= 0.6 is 0 Å². The number of alkyl halides is 17. The van der Waals surface area contributed by atoms with Gasteiger partial charge in [-0.25, -0.2) is 4.79 Å². The molecule has 0 bridgehead atoms. The Morgan fingerprint density at radius 3 is 1.14 bits per heavy atom. The molecule has 0 saturated heterocycles. The summed E-state index contributed by atoms with van der Waals surface area (Å²) in [6.07, 6.45) is -21.6. The number of carbonyl (C=O) groups excluding carboxylic acids is 1. The molecule has 0 rings (SSSR count). The van der Waals surface area contributed by atoms with Crippen LogP contribution < -0.4 is 0 Å². The highest BCUT2D eigenvalue weighted by atomic mass is 19.4. The Kier molecular flexibility index (Phi) is 10.1. The first-order chi connectivity index (χ1) is 16.0. The zero-order chi connectivity index (χ0) is 30.1. The highest BCUT2D eigenvalue weighted by Gasteiger charge is 2.81. The summed E-state index contributed by atoms with van der Waals surface area (Å²) in [6.45, 7) is 2.65. The molecule has 0 unspecified atom stereocenters. The third-order valence-electron chi connectivity index (χ3n) is 4.78. The highest BCUT2D eigenvalue weighted by Crippen LogP contribution is 2.55. The van der Waals surface area contributed by atoms with E-state index in [0.717, 1.165) is 6.92 Å². The van der Waals surface area contributed by atoms with Crippen molar-refractivity contribution >= 4 is 5.97 Å². The Labute approximate surface area is 196 Å². The van der Waals surface area contributed by atoms with Crippen molar-refractivity contribution in [2.24, 2.45) is 0 Å². The lowest BCUT2D eigenvalue weighted by Crippen LogP contribution is -2.61. The van der Waals surface area contributed by atoms with Gasteiger partial charge in [-0.2, -0.15) is 74.6 Å². The monoisotopic (exact) mass is 588 g/mol. The minimum atomic E-state index is -7.49. The second kappa shape index (κ2) is 10.6. The fourth-order valence-electron chi connectivity index (χ4n) is 2.32. The first kappa shape index (κ1) is 35.0. The van der Waals surface area contributed by atoms with Crippen molar-refractivity contribution in [3.63, 3.8) is 0 Å². The van der Waals surface area contributed by atoms with Crippen LogP contribution in [0, 0.1) is 0 Å². The van der Waals surface area contributed by atoms with E-state index in [0.29, 0.717) is 0 Å². The van der Waals surface area contributed by atoms with Gasteiger partial charge in [0.2, 0.25) is 0 Å². The van der Waals surface area contributed by atoms with Crippen LogP contribution in [0.15, 0.2) is 12.2 Å². The summed E-state index contributed by atoms with van der Waals surface area (Å²) in [5.41, 5.74) is -0.345. The molecule has 2 nitrogen and oxygen atoms in total. The number of hydrogen-bond acceptors (Lipinski definition) is 2. The second-order valence-corrected chi connectivity index (χ2v) is 7.84. The van der Waals surface area contributed by atoms with Gasteiger partial charge >= 0.3 is 53.6 Å². The lowest BCUT2D eigenvalue weighted by atomic mass is 9.93. The molecule has 0 aromatic rings. The predicted molar refractivity (Wildman–Crippen MR) is 89.5 cm³/mol. The zero-order valence-corrected chi connectivity index (χ0v) is 18.2. The first-order valence-electron chi connectivity index (χ1n) is 9.53. The van der Waals surface area contributed by atoms with E-state index in [4.69, 9.17) is 0 Å². The molecule has 0 heterocycles. The van der Waals surface area contributed by atoms with Crippen LogP contribution in [0.2, 0.25) is 0 Å². The summed E-state index contributed by atoms with van der Waals surface area (Å²) >= 11 is 0. The van der Waals surface area contributed by atoms with Gasteiger partial charge in [0.1, 0.15) is 0 Å². The molecule has 220 valence electrons. The molecule has 0 aliphatic heterocycles. The van der Waals surface area contributed by atoms with E-state index in [9.17, 15) is 79.4 Å². The standard InChI is InChI=1S/C18H17F17O2/c1-9(2)10(36)37-8-7-14(25,26)13(23,24)4-3-11(19,20)12(21,22)5-6-15(27,28)16(29,30)17(31,32)18(33,34)35/h1,3-8H2,2H3. The minimum absolute atomic E-state index is 0.345. The molecule has 19 heteroatoms. The topological polar surface area (TPSA) is 26.3 Å². The van der Waals surface area contributed by atoms with Gasteiger partial charge in [0.25, 0.3) is 0 Å². The van der Waals surface area contributed by atoms with Crippen molar-refractivity contribution in [1.29, 1.82) is 0 Å². The Morgan fingerprint density at radius 2 is 0.838 bits per heavy atom. The van der Waals surface area contributed by atoms with E-state index in [2.05, 4.69) is 11.3 Å². The average Bonchev–Trinajstić information content (AvgIpc) is 2.69. The molecule has 0 fully saturated rings. The molecule has 0 spiro atoms. The Balaban J connectivity index is 5.45. The molecule has 0 aromatic carbocycles. The van der Waals surface area contributed by atoms with Crippen molar-refractivity contribution in [2.75, 3.05) is 6.61 Å². The quantitative estimate of drug-likeness (QED) is 0.117. The van der Waals surface area contributed by atoms with Crippen LogP contribution in [0.4, 0.5) is 74.6 Å². The first-order valence-corrected chi connectivity index (χ1v) is 9.53. The van der Waals surface area contributed by atoms with E-state index in [1.807, 2.05) is 0 Å². The maximum absolute atomic E-state index is 13.7. The van der Waals surface area contributed by atoms with Crippen molar-refractivity contribution < 1.29 is 84.2 Å². The van der Waals surface area contributed by atoms with Gasteiger partial charge in [-0.15, -0.1) is 0 Å². The van der Waals surface area contributed by atoms with Gasteiger partial charge in [0.15, 0.2) is 0 Å². The van der Waals surface area contributed by atoms with Crippen LogP contribution in [0.25, 0.3) is 0 Å². The second-order valence-electron chi connectivity index (χ2n) is 7.84. The van der Waals surface area contributed by atoms with E-state index in [1.54, 1.807) is 0 Å². The molecular formula is C18H17F17O2. The molecule has 0 aliphatic carbocycles. The molecular weight excluding hydrogens is 571 g/mol. The zero-order valence-electron chi connectivity index (χ0n) is 18.2. The van der Waals surface area contributed by atoms with Gasteiger partial charge < -0.3 is 4.74 Å². The fraction of sp³-hybridized carbons (Fsp3) is 0.833. The lowest BCUT2D eigenvalue weighted by molar-refractivity contribution is -0.398. The number of rotatable bonds is 14. The van der Waals surface area contributed by atoms with Crippen molar-refractivity contribution in [1.82, 2.24) is 0 Å². The SMILES string of the molecule is C=C(C)C(=O)OCCC(F)(F)C(F)(F)CCC(F)(F)C(F)(F)CCC(F)(F)C(F)(F)C(F)(F)C(F)(F)F. The van der Waals surface area contributed by atoms with Gasteiger partial charge in [0.05, 0.1) is 13.0 Å². The number of esters is 1. The largest absolute Gasteiger partial charge is 0.462 e. The van der Waals surface area contributed by atoms with Crippen LogP contribution in [0.3, 0.4) is 0 Å². The van der Waals surface area contributed by atoms with Gasteiger partial charge in [0, 0.05) is 31.3 Å². The Morgan fingerprint density at radius 1 is 0.541 bits per heavy atom. The smallest absolute Gasteiger partial charge is 0.460 e. The Bertz CT molecular complexity index is 814. The molecule has 0 radical (unpaired) electrons. The normalized spacial score (nSPS) is 15.1. The van der Waals surface area contributed by atoms with Crippen molar-refractivity contribution in [3.8, 4) is 0 Å². The third-order valence-corrected chi connectivity index (χ3v) is 4.78. The maximum Gasteiger partial charge on any atom is 0.460 e. The molecule has 0 amide bonds. The fourth-order valence-corrected chi connectivity index (χ4v) is 2.32. The maximum atomic E-state index is 13.7. The minimum Gasteiger partial charge on any atom is -0.462 e. The van der Waals surface area contributed by atoms with Gasteiger partial charge in [-0.3, -0.25) is 0 Å². The van der Waals surface area contributed by atoms with E-state index < -0.39 is 92.3 Å². The highest BCUT2D eigenvalue weighted by molar-refractivity contribution is 5.86. The molecule has 0 saturated carbocycles. The Hall–Kier alpha value is -1.98. The average molecular weight is 588 g/mol. The van der Waals surface area contributed by atoms with E-state index in [-0.39, 0.29) is 5.57 Å². The number of carbonyl (C=O) groups is 1. The predicted octanol–water partition coefficient (Wildman–Crippen LogP) is 8.07. The molecule has 0 aromatic heterocycles. The molecule has 37 heavy (non-hydrogen) atoms. The van der Waals surface area contributed by atoms with Crippen LogP contribution in [-0.4, -0.2) is 60.2 Å². The van der Waals surface area contributed by atoms with Gasteiger partial charge in [-0.1, -0.05) is 6.58 Å². The molecule has 0 aliphatic rings. The molecule has 0 N–H and O–H groups in total. The summed E-state index contributed by atoms with van der Waals surface area (Å²) in [5, 5.41) is 0. The van der Waals surface area contributed by atoms with Crippen molar-refractivity contribution in [3.05, 3.63) is 12.2 Å². The van der Waals surface area contributed by atoms with E-state index in [1.165, 1.54) is 0 Å². The number of hydrogen-bond donors (Lipinski definition) is 0. The van der Waals surface area contributed by atoms with E-state index >= 15 is 0 Å². The summed E-state index contributed by atoms with van der Waals surface area (Å²) in [4.78, 5) is 11.0. The van der Waals surface area contributed by atoms with Crippen LogP contribution in [-0.2, 0) is 9.53 Å². The summed E-state index contributed by atoms with van der Waals surface area (Å²) in [5.74, 6) is -45.6. The summed E-state index contributed by atoms with van der Waals surface area (Å²) in [6, 6.07) is 0. The van der Waals surface area contributed by atoms with Crippen LogP contribution in [0.1, 0.15) is 39.0 Å². The number of halogens is 17. The number of ether oxygens (including phenoxy) is 1. The lowest BCUT2D eigenvalue weighted by Gasteiger charge is -2.35. The summed E-state index contributed by atoms with van der Waals surface area (Å²) < 4.78 is 228.